The van der Waals surface area contributed by atoms with Crippen LogP contribution in [0.25, 0.3) is 11.3 Å². The molecule has 4 heteroatoms. The van der Waals surface area contributed by atoms with Gasteiger partial charge in [0.2, 0.25) is 0 Å². The Hall–Kier alpha value is -1.97. The predicted octanol–water partition coefficient (Wildman–Crippen LogP) is 3.65. The highest BCUT2D eigenvalue weighted by atomic mass is 15.3. The summed E-state index contributed by atoms with van der Waals surface area (Å²) in [5.41, 5.74) is 2.00. The molecule has 0 aliphatic carbocycles. The van der Waals surface area contributed by atoms with Crippen molar-refractivity contribution in [2.24, 2.45) is 0 Å². The van der Waals surface area contributed by atoms with Crippen molar-refractivity contribution in [2.45, 2.75) is 39.0 Å². The van der Waals surface area contributed by atoms with Crippen molar-refractivity contribution in [1.29, 1.82) is 0 Å². The lowest BCUT2D eigenvalue weighted by Gasteiger charge is -2.29. The monoisotopic (exact) mass is 282 g/mol. The van der Waals surface area contributed by atoms with Crippen molar-refractivity contribution in [3.05, 3.63) is 36.2 Å². The van der Waals surface area contributed by atoms with Gasteiger partial charge < -0.3 is 4.90 Å². The van der Waals surface area contributed by atoms with Crippen LogP contribution in [-0.4, -0.2) is 28.3 Å². The molecule has 4 nitrogen and oxygen atoms in total. The van der Waals surface area contributed by atoms with Crippen LogP contribution in [0, 0.1) is 0 Å². The minimum absolute atomic E-state index is 0.297. The molecule has 110 valence electrons. The molecular formula is C17H22N4. The van der Waals surface area contributed by atoms with E-state index in [1.807, 2.05) is 18.2 Å². The Labute approximate surface area is 126 Å². The van der Waals surface area contributed by atoms with Crippen LogP contribution in [0.4, 0.5) is 5.82 Å². The molecule has 2 heterocycles. The van der Waals surface area contributed by atoms with Gasteiger partial charge in [-0.1, -0.05) is 44.2 Å². The first-order valence-electron chi connectivity index (χ1n) is 7.80. The molecule has 1 fully saturated rings. The summed E-state index contributed by atoms with van der Waals surface area (Å²) in [6, 6.07) is 10.2. The normalized spacial score (nSPS) is 15.5. The Bertz CT molecular complexity index is 589. The number of nitrogens with zero attached hydrogens (tertiary/aromatic N) is 4. The summed E-state index contributed by atoms with van der Waals surface area (Å²) >= 11 is 0. The smallest absolute Gasteiger partial charge is 0.159 e. The third-order valence-electron chi connectivity index (χ3n) is 3.90. The lowest BCUT2D eigenvalue weighted by atomic mass is 10.1. The van der Waals surface area contributed by atoms with Crippen molar-refractivity contribution in [2.75, 3.05) is 18.0 Å². The lowest BCUT2D eigenvalue weighted by molar-refractivity contribution is 0.569. The van der Waals surface area contributed by atoms with Gasteiger partial charge in [-0.25, -0.2) is 4.98 Å². The molecular weight excluding hydrogens is 260 g/mol. The molecule has 21 heavy (non-hydrogen) atoms. The first-order chi connectivity index (χ1) is 10.3. The first-order valence-corrected chi connectivity index (χ1v) is 7.80. The quantitative estimate of drug-likeness (QED) is 0.861. The summed E-state index contributed by atoms with van der Waals surface area (Å²) in [7, 11) is 0. The van der Waals surface area contributed by atoms with Gasteiger partial charge in [-0.05, 0) is 19.3 Å². The second-order valence-corrected chi connectivity index (χ2v) is 5.91. The van der Waals surface area contributed by atoms with E-state index in [4.69, 9.17) is 4.98 Å². The summed E-state index contributed by atoms with van der Waals surface area (Å²) < 4.78 is 0. The Morgan fingerprint density at radius 2 is 1.67 bits per heavy atom. The van der Waals surface area contributed by atoms with Gasteiger partial charge in [-0.2, -0.15) is 0 Å². The van der Waals surface area contributed by atoms with Gasteiger partial charge in [0.05, 0.1) is 0 Å². The Balaban J connectivity index is 2.05. The topological polar surface area (TPSA) is 41.9 Å². The SMILES string of the molecule is CC(C)c1nnc(-c2ccccc2)c(N2CCCCC2)n1. The van der Waals surface area contributed by atoms with Crippen molar-refractivity contribution in [3.8, 4) is 11.3 Å². The van der Waals surface area contributed by atoms with Crippen molar-refractivity contribution >= 4 is 5.82 Å². The summed E-state index contributed by atoms with van der Waals surface area (Å²) in [5.74, 6) is 2.13. The molecule has 0 bridgehead atoms. The Kier molecular flexibility index (Phi) is 4.13. The number of hydrogen-bond donors (Lipinski definition) is 0. The van der Waals surface area contributed by atoms with Crippen LogP contribution in [-0.2, 0) is 0 Å². The molecule has 0 amide bonds. The minimum atomic E-state index is 0.297. The van der Waals surface area contributed by atoms with E-state index in [-0.39, 0.29) is 0 Å². The Morgan fingerprint density at radius 3 is 2.33 bits per heavy atom. The number of hydrogen-bond acceptors (Lipinski definition) is 4. The zero-order valence-corrected chi connectivity index (χ0v) is 12.8. The average Bonchev–Trinajstić information content (AvgIpc) is 2.56. The molecule has 0 radical (unpaired) electrons. The molecule has 0 unspecified atom stereocenters. The van der Waals surface area contributed by atoms with E-state index in [1.54, 1.807) is 0 Å². The molecule has 0 spiro atoms. The number of anilines is 1. The van der Waals surface area contributed by atoms with E-state index < -0.39 is 0 Å². The highest BCUT2D eigenvalue weighted by molar-refractivity contribution is 5.71. The maximum absolute atomic E-state index is 4.82. The van der Waals surface area contributed by atoms with E-state index in [0.717, 1.165) is 36.0 Å². The van der Waals surface area contributed by atoms with Crippen LogP contribution in [0.5, 0.6) is 0 Å². The average molecular weight is 282 g/mol. The highest BCUT2D eigenvalue weighted by Gasteiger charge is 2.20. The third kappa shape index (κ3) is 3.04. The summed E-state index contributed by atoms with van der Waals surface area (Å²) in [5, 5.41) is 8.81. The predicted molar refractivity (Wildman–Crippen MR) is 85.4 cm³/mol. The fraction of sp³-hybridized carbons (Fsp3) is 0.471. The van der Waals surface area contributed by atoms with Crippen molar-refractivity contribution in [1.82, 2.24) is 15.2 Å². The highest BCUT2D eigenvalue weighted by Crippen LogP contribution is 2.29. The maximum Gasteiger partial charge on any atom is 0.159 e. The van der Waals surface area contributed by atoms with Gasteiger partial charge >= 0.3 is 0 Å². The van der Waals surface area contributed by atoms with Crippen molar-refractivity contribution in [3.63, 3.8) is 0 Å². The lowest BCUT2D eigenvalue weighted by Crippen LogP contribution is -2.31. The maximum atomic E-state index is 4.82. The molecule has 3 rings (SSSR count). The van der Waals surface area contributed by atoms with Gasteiger partial charge in [0.1, 0.15) is 5.69 Å². The molecule has 1 aromatic heterocycles. The van der Waals surface area contributed by atoms with E-state index in [9.17, 15) is 0 Å². The molecule has 1 saturated heterocycles. The molecule has 1 aliphatic heterocycles. The minimum Gasteiger partial charge on any atom is -0.355 e. The number of benzene rings is 1. The molecule has 1 aliphatic rings. The van der Waals surface area contributed by atoms with Crippen LogP contribution in [0.2, 0.25) is 0 Å². The van der Waals surface area contributed by atoms with Crippen LogP contribution in [0.1, 0.15) is 44.9 Å². The summed E-state index contributed by atoms with van der Waals surface area (Å²) in [6.45, 7) is 6.35. The molecule has 0 saturated carbocycles. The number of rotatable bonds is 3. The van der Waals surface area contributed by atoms with Crippen LogP contribution < -0.4 is 4.90 Å². The molecule has 2 aromatic rings. The van der Waals surface area contributed by atoms with Crippen LogP contribution >= 0.6 is 0 Å². The number of aromatic nitrogens is 3. The van der Waals surface area contributed by atoms with E-state index in [1.165, 1.54) is 19.3 Å². The fourth-order valence-electron chi connectivity index (χ4n) is 2.68. The molecule has 1 aromatic carbocycles. The summed E-state index contributed by atoms with van der Waals surface area (Å²) in [6.07, 6.45) is 3.78. The first kappa shape index (κ1) is 14.0. The van der Waals surface area contributed by atoms with E-state index in [0.29, 0.717) is 5.92 Å². The van der Waals surface area contributed by atoms with Gasteiger partial charge in [-0.15, -0.1) is 10.2 Å². The number of piperidine rings is 1. The summed E-state index contributed by atoms with van der Waals surface area (Å²) in [4.78, 5) is 7.19. The van der Waals surface area contributed by atoms with Gasteiger partial charge in [-0.3, -0.25) is 0 Å². The second-order valence-electron chi connectivity index (χ2n) is 5.91. The van der Waals surface area contributed by atoms with Crippen LogP contribution in [0.3, 0.4) is 0 Å². The second kappa shape index (κ2) is 6.20. The van der Waals surface area contributed by atoms with E-state index in [2.05, 4.69) is 41.1 Å². The zero-order chi connectivity index (χ0) is 14.7. The molecule has 0 N–H and O–H groups in total. The molecule has 0 atom stereocenters. The Morgan fingerprint density at radius 1 is 0.952 bits per heavy atom. The largest absolute Gasteiger partial charge is 0.355 e. The van der Waals surface area contributed by atoms with E-state index >= 15 is 0 Å². The zero-order valence-electron chi connectivity index (χ0n) is 12.8. The fourth-order valence-corrected chi connectivity index (χ4v) is 2.68. The third-order valence-corrected chi connectivity index (χ3v) is 3.90. The van der Waals surface area contributed by atoms with Gasteiger partial charge in [0, 0.05) is 24.6 Å². The van der Waals surface area contributed by atoms with Gasteiger partial charge in [0.25, 0.3) is 0 Å². The standard InChI is InChI=1S/C17H22N4/c1-13(2)16-18-17(21-11-7-4-8-12-21)15(19-20-16)14-9-5-3-6-10-14/h3,5-6,9-10,13H,4,7-8,11-12H2,1-2H3. The van der Waals surface area contributed by atoms with Gasteiger partial charge in [0.15, 0.2) is 11.6 Å². The van der Waals surface area contributed by atoms with Crippen LogP contribution in [0.15, 0.2) is 30.3 Å². The van der Waals surface area contributed by atoms with Crippen molar-refractivity contribution < 1.29 is 0 Å².